The summed E-state index contributed by atoms with van der Waals surface area (Å²) in [6.45, 7) is 7.21. The van der Waals surface area contributed by atoms with E-state index in [1.165, 1.54) is 4.88 Å². The lowest BCUT2D eigenvalue weighted by atomic mass is 9.91. The van der Waals surface area contributed by atoms with E-state index in [2.05, 4.69) is 52.0 Å². The molecule has 0 amide bonds. The minimum Gasteiger partial charge on any atom is -0.373 e. The molecule has 0 aromatic carbocycles. The standard InChI is InChI=1S/C14H20N4S/c1-10-17-12(15-4)8-13(18-10)16-9-14(2,3)11-6-5-7-19-11/h5-8H,9H2,1-4H3,(H2,15,16,17,18). The average molecular weight is 276 g/mol. The Kier molecular flexibility index (Phi) is 4.04. The van der Waals surface area contributed by atoms with Crippen LogP contribution >= 0.6 is 11.3 Å². The first-order valence-electron chi connectivity index (χ1n) is 6.32. The third-order valence-corrected chi connectivity index (χ3v) is 4.23. The van der Waals surface area contributed by atoms with Crippen molar-refractivity contribution in [3.05, 3.63) is 34.3 Å². The van der Waals surface area contributed by atoms with E-state index in [9.17, 15) is 0 Å². The Morgan fingerprint density at radius 3 is 2.63 bits per heavy atom. The van der Waals surface area contributed by atoms with Gasteiger partial charge in [-0.3, -0.25) is 0 Å². The summed E-state index contributed by atoms with van der Waals surface area (Å²) in [7, 11) is 1.86. The van der Waals surface area contributed by atoms with Crippen LogP contribution in [0.25, 0.3) is 0 Å². The van der Waals surface area contributed by atoms with E-state index in [0.29, 0.717) is 0 Å². The van der Waals surface area contributed by atoms with E-state index in [-0.39, 0.29) is 5.41 Å². The Balaban J connectivity index is 2.08. The van der Waals surface area contributed by atoms with Gasteiger partial charge in [-0.25, -0.2) is 9.97 Å². The Bertz CT molecular complexity index is 534. The van der Waals surface area contributed by atoms with Gasteiger partial charge in [0, 0.05) is 30.0 Å². The monoisotopic (exact) mass is 276 g/mol. The van der Waals surface area contributed by atoms with Crippen LogP contribution in [-0.4, -0.2) is 23.6 Å². The van der Waals surface area contributed by atoms with E-state index < -0.39 is 0 Å². The third kappa shape index (κ3) is 3.44. The molecule has 0 saturated carbocycles. The summed E-state index contributed by atoms with van der Waals surface area (Å²) in [4.78, 5) is 10.1. The van der Waals surface area contributed by atoms with Gasteiger partial charge in [0.2, 0.25) is 0 Å². The van der Waals surface area contributed by atoms with Crippen LogP contribution in [0.4, 0.5) is 11.6 Å². The van der Waals surface area contributed by atoms with Crippen molar-refractivity contribution in [3.63, 3.8) is 0 Å². The maximum Gasteiger partial charge on any atom is 0.131 e. The van der Waals surface area contributed by atoms with Crippen LogP contribution < -0.4 is 10.6 Å². The Morgan fingerprint density at radius 2 is 2.00 bits per heavy atom. The maximum absolute atomic E-state index is 4.41. The summed E-state index contributed by atoms with van der Waals surface area (Å²) in [5.41, 5.74) is 0.0901. The van der Waals surface area contributed by atoms with Crippen LogP contribution in [0.15, 0.2) is 23.6 Å². The van der Waals surface area contributed by atoms with Gasteiger partial charge < -0.3 is 10.6 Å². The highest BCUT2D eigenvalue weighted by Crippen LogP contribution is 2.27. The van der Waals surface area contributed by atoms with Gasteiger partial charge in [0.25, 0.3) is 0 Å². The number of hydrogen-bond acceptors (Lipinski definition) is 5. The van der Waals surface area contributed by atoms with Gasteiger partial charge in [-0.05, 0) is 18.4 Å². The second-order valence-electron chi connectivity index (χ2n) is 5.15. The molecule has 0 aliphatic rings. The summed E-state index contributed by atoms with van der Waals surface area (Å²) in [5, 5.41) is 8.56. The van der Waals surface area contributed by atoms with Crippen molar-refractivity contribution in [1.82, 2.24) is 9.97 Å². The molecule has 4 nitrogen and oxygen atoms in total. The third-order valence-electron chi connectivity index (χ3n) is 2.99. The minimum absolute atomic E-state index is 0.0901. The molecular formula is C14H20N4S. The number of anilines is 2. The van der Waals surface area contributed by atoms with Gasteiger partial charge in [0.05, 0.1) is 0 Å². The van der Waals surface area contributed by atoms with Crippen LogP contribution in [-0.2, 0) is 5.41 Å². The van der Waals surface area contributed by atoms with Crippen LogP contribution in [0.5, 0.6) is 0 Å². The van der Waals surface area contributed by atoms with Gasteiger partial charge >= 0.3 is 0 Å². The Labute approximate surface area is 118 Å². The topological polar surface area (TPSA) is 49.8 Å². The first-order chi connectivity index (χ1) is 9.01. The molecule has 2 rings (SSSR count). The van der Waals surface area contributed by atoms with Crippen LogP contribution in [0.1, 0.15) is 24.5 Å². The highest BCUT2D eigenvalue weighted by atomic mass is 32.1. The van der Waals surface area contributed by atoms with Gasteiger partial charge in [-0.1, -0.05) is 19.9 Å². The number of rotatable bonds is 5. The van der Waals surface area contributed by atoms with Crippen molar-refractivity contribution in [2.45, 2.75) is 26.2 Å². The Hall–Kier alpha value is -1.62. The quantitative estimate of drug-likeness (QED) is 0.880. The van der Waals surface area contributed by atoms with Gasteiger partial charge in [0.15, 0.2) is 0 Å². The molecule has 0 aliphatic carbocycles. The molecule has 5 heteroatoms. The lowest BCUT2D eigenvalue weighted by molar-refractivity contribution is 0.568. The second-order valence-corrected chi connectivity index (χ2v) is 6.10. The lowest BCUT2D eigenvalue weighted by Crippen LogP contribution is -2.27. The first kappa shape index (κ1) is 13.8. The van der Waals surface area contributed by atoms with Gasteiger partial charge in [-0.2, -0.15) is 0 Å². The zero-order chi connectivity index (χ0) is 13.9. The average Bonchev–Trinajstić information content (AvgIpc) is 2.90. The molecule has 19 heavy (non-hydrogen) atoms. The maximum atomic E-state index is 4.41. The summed E-state index contributed by atoms with van der Waals surface area (Å²) in [6, 6.07) is 6.20. The van der Waals surface area contributed by atoms with Crippen molar-refractivity contribution < 1.29 is 0 Å². The molecule has 2 heterocycles. The van der Waals surface area contributed by atoms with Crippen molar-refractivity contribution in [2.75, 3.05) is 24.2 Å². The summed E-state index contributed by atoms with van der Waals surface area (Å²) in [6.07, 6.45) is 0. The normalized spacial score (nSPS) is 11.4. The van der Waals surface area contributed by atoms with E-state index in [4.69, 9.17) is 0 Å². The molecule has 2 aromatic heterocycles. The van der Waals surface area contributed by atoms with E-state index >= 15 is 0 Å². The van der Waals surface area contributed by atoms with Gasteiger partial charge in [-0.15, -0.1) is 11.3 Å². The van der Waals surface area contributed by atoms with Crippen molar-refractivity contribution in [2.24, 2.45) is 0 Å². The van der Waals surface area contributed by atoms with Crippen molar-refractivity contribution in [1.29, 1.82) is 0 Å². The number of aryl methyl sites for hydroxylation is 1. The molecule has 0 atom stereocenters. The van der Waals surface area contributed by atoms with E-state index in [1.54, 1.807) is 11.3 Å². The predicted molar refractivity (Wildman–Crippen MR) is 82.2 cm³/mol. The summed E-state index contributed by atoms with van der Waals surface area (Å²) < 4.78 is 0. The summed E-state index contributed by atoms with van der Waals surface area (Å²) in [5.74, 6) is 2.47. The molecule has 0 radical (unpaired) electrons. The number of thiophene rings is 1. The largest absolute Gasteiger partial charge is 0.373 e. The zero-order valence-corrected chi connectivity index (χ0v) is 12.6. The fraction of sp³-hybridized carbons (Fsp3) is 0.429. The number of nitrogens with zero attached hydrogens (tertiary/aromatic N) is 2. The van der Waals surface area contributed by atoms with Crippen LogP contribution in [0.3, 0.4) is 0 Å². The predicted octanol–water partition coefficient (Wildman–Crippen LogP) is 3.28. The first-order valence-corrected chi connectivity index (χ1v) is 7.20. The van der Waals surface area contributed by atoms with Crippen molar-refractivity contribution in [3.8, 4) is 0 Å². The molecule has 0 fully saturated rings. The fourth-order valence-corrected chi connectivity index (χ4v) is 2.70. The molecule has 0 bridgehead atoms. The molecule has 0 saturated heterocycles. The zero-order valence-electron chi connectivity index (χ0n) is 11.8. The SMILES string of the molecule is CNc1cc(NCC(C)(C)c2cccs2)nc(C)n1. The van der Waals surface area contributed by atoms with Crippen LogP contribution in [0, 0.1) is 6.92 Å². The molecule has 2 N–H and O–H groups in total. The lowest BCUT2D eigenvalue weighted by Gasteiger charge is -2.24. The highest BCUT2D eigenvalue weighted by Gasteiger charge is 2.21. The summed E-state index contributed by atoms with van der Waals surface area (Å²) >= 11 is 1.79. The van der Waals surface area contributed by atoms with Crippen LogP contribution in [0.2, 0.25) is 0 Å². The number of nitrogens with one attached hydrogen (secondary N) is 2. The van der Waals surface area contributed by atoms with E-state index in [0.717, 1.165) is 24.0 Å². The smallest absolute Gasteiger partial charge is 0.131 e. The number of hydrogen-bond donors (Lipinski definition) is 2. The second kappa shape index (κ2) is 5.57. The molecule has 0 aliphatic heterocycles. The minimum atomic E-state index is 0.0901. The Morgan fingerprint density at radius 1 is 1.26 bits per heavy atom. The van der Waals surface area contributed by atoms with E-state index in [1.807, 2.05) is 20.0 Å². The molecule has 0 spiro atoms. The molecular weight excluding hydrogens is 256 g/mol. The number of aromatic nitrogens is 2. The van der Waals surface area contributed by atoms with Crippen molar-refractivity contribution >= 4 is 23.0 Å². The highest BCUT2D eigenvalue weighted by molar-refractivity contribution is 7.10. The van der Waals surface area contributed by atoms with Gasteiger partial charge in [0.1, 0.15) is 17.5 Å². The fourth-order valence-electron chi connectivity index (χ4n) is 1.85. The molecule has 102 valence electrons. The molecule has 0 unspecified atom stereocenters. The molecule has 2 aromatic rings.